The minimum atomic E-state index is -1.20. The number of carboxylic acids is 1. The van der Waals surface area contributed by atoms with E-state index in [0.29, 0.717) is 0 Å². The van der Waals surface area contributed by atoms with E-state index in [1.807, 2.05) is 0 Å². The van der Waals surface area contributed by atoms with Crippen molar-refractivity contribution in [3.63, 3.8) is 0 Å². The number of aliphatic carboxylic acids is 1. The standard InChI is InChI=1S/C14H16N2O5/c1-2-21-12(17)8-5-7-11(14(19)20)16-13(18)10-6-3-4-9-15-10/h3-6,8-9,11H,2,7H2,1H3,(H,16,18)(H,19,20)/b8-5+/t11-/m1/s1. The van der Waals surface area contributed by atoms with E-state index in [0.717, 1.165) is 6.08 Å². The lowest BCUT2D eigenvalue weighted by molar-refractivity contribution is -0.139. The summed E-state index contributed by atoms with van der Waals surface area (Å²) in [5, 5.41) is 11.4. The molecule has 0 fully saturated rings. The first kappa shape index (κ1) is 16.4. The van der Waals surface area contributed by atoms with Crippen LogP contribution in [0.5, 0.6) is 0 Å². The van der Waals surface area contributed by atoms with Crippen molar-refractivity contribution in [2.45, 2.75) is 19.4 Å². The number of hydrogen-bond acceptors (Lipinski definition) is 5. The normalized spacial score (nSPS) is 11.9. The number of ether oxygens (including phenoxy) is 1. The molecule has 0 aliphatic heterocycles. The molecule has 0 aromatic carbocycles. The van der Waals surface area contributed by atoms with Crippen molar-refractivity contribution in [2.75, 3.05) is 6.61 Å². The molecule has 0 saturated heterocycles. The summed E-state index contributed by atoms with van der Waals surface area (Å²) in [6.07, 6.45) is 3.87. The van der Waals surface area contributed by atoms with Gasteiger partial charge in [-0.15, -0.1) is 0 Å². The van der Waals surface area contributed by atoms with Gasteiger partial charge in [0.25, 0.3) is 5.91 Å². The van der Waals surface area contributed by atoms with Crippen molar-refractivity contribution >= 4 is 17.8 Å². The van der Waals surface area contributed by atoms with Crippen molar-refractivity contribution in [3.8, 4) is 0 Å². The number of carbonyl (C=O) groups excluding carboxylic acids is 2. The van der Waals surface area contributed by atoms with Gasteiger partial charge in [-0.05, 0) is 25.5 Å². The van der Waals surface area contributed by atoms with E-state index in [9.17, 15) is 14.4 Å². The molecule has 1 rings (SSSR count). The zero-order valence-corrected chi connectivity index (χ0v) is 11.5. The molecular formula is C14H16N2O5. The zero-order chi connectivity index (χ0) is 15.7. The molecule has 112 valence electrons. The Hall–Kier alpha value is -2.70. The molecule has 1 heterocycles. The van der Waals surface area contributed by atoms with Crippen LogP contribution in [0.3, 0.4) is 0 Å². The van der Waals surface area contributed by atoms with Crippen molar-refractivity contribution in [2.24, 2.45) is 0 Å². The van der Waals surface area contributed by atoms with E-state index in [2.05, 4.69) is 15.0 Å². The number of hydrogen-bond donors (Lipinski definition) is 2. The van der Waals surface area contributed by atoms with Crippen LogP contribution in [0.25, 0.3) is 0 Å². The maximum atomic E-state index is 11.8. The maximum Gasteiger partial charge on any atom is 0.330 e. The van der Waals surface area contributed by atoms with Crippen LogP contribution in [-0.4, -0.2) is 40.6 Å². The first-order chi connectivity index (χ1) is 10.0. The Balaban J connectivity index is 2.60. The average Bonchev–Trinajstić information content (AvgIpc) is 2.47. The maximum absolute atomic E-state index is 11.8. The molecule has 0 saturated carbocycles. The molecule has 1 aromatic rings. The molecule has 0 aliphatic rings. The van der Waals surface area contributed by atoms with Gasteiger partial charge in [0.15, 0.2) is 0 Å². The summed E-state index contributed by atoms with van der Waals surface area (Å²) in [6, 6.07) is 3.60. The highest BCUT2D eigenvalue weighted by molar-refractivity contribution is 5.95. The van der Waals surface area contributed by atoms with Gasteiger partial charge in [0.2, 0.25) is 0 Å². The molecule has 0 radical (unpaired) electrons. The molecule has 7 nitrogen and oxygen atoms in total. The van der Waals surface area contributed by atoms with Crippen molar-refractivity contribution < 1.29 is 24.2 Å². The Bertz CT molecular complexity index is 527. The minimum absolute atomic E-state index is 0.0350. The molecule has 0 aliphatic carbocycles. The van der Waals surface area contributed by atoms with Crippen LogP contribution in [0.15, 0.2) is 36.5 Å². The molecule has 21 heavy (non-hydrogen) atoms. The zero-order valence-electron chi connectivity index (χ0n) is 11.5. The fourth-order valence-corrected chi connectivity index (χ4v) is 1.44. The van der Waals surface area contributed by atoms with Crippen LogP contribution in [-0.2, 0) is 14.3 Å². The number of nitrogens with zero attached hydrogens (tertiary/aromatic N) is 1. The molecule has 0 unspecified atom stereocenters. The lowest BCUT2D eigenvalue weighted by Crippen LogP contribution is -2.40. The smallest absolute Gasteiger partial charge is 0.330 e. The summed E-state index contributed by atoms with van der Waals surface area (Å²) in [5.74, 6) is -2.35. The number of esters is 1. The number of aromatic nitrogens is 1. The molecule has 1 atom stereocenters. The SMILES string of the molecule is CCOC(=O)/C=C/C[C@@H](NC(=O)c1ccccn1)C(=O)O. The lowest BCUT2D eigenvalue weighted by Gasteiger charge is -2.12. The fraction of sp³-hybridized carbons (Fsp3) is 0.286. The highest BCUT2D eigenvalue weighted by Crippen LogP contribution is 1.99. The summed E-state index contributed by atoms with van der Waals surface area (Å²) >= 11 is 0. The third kappa shape index (κ3) is 5.85. The third-order valence-corrected chi connectivity index (χ3v) is 2.41. The molecule has 1 aromatic heterocycles. The highest BCUT2D eigenvalue weighted by atomic mass is 16.5. The fourth-order valence-electron chi connectivity index (χ4n) is 1.44. The Labute approximate surface area is 121 Å². The van der Waals surface area contributed by atoms with Gasteiger partial charge in [-0.3, -0.25) is 9.78 Å². The van der Waals surface area contributed by atoms with Gasteiger partial charge in [0.05, 0.1) is 6.61 Å². The molecule has 0 bridgehead atoms. The van der Waals surface area contributed by atoms with Crippen molar-refractivity contribution in [1.82, 2.24) is 10.3 Å². The minimum Gasteiger partial charge on any atom is -0.480 e. The first-order valence-corrected chi connectivity index (χ1v) is 6.32. The van der Waals surface area contributed by atoms with Gasteiger partial charge in [-0.1, -0.05) is 12.1 Å². The predicted octanol–water partition coefficient (Wildman–Crippen LogP) is 0.774. The number of nitrogens with one attached hydrogen (secondary N) is 1. The Morgan fingerprint density at radius 1 is 1.43 bits per heavy atom. The number of carboxylic acid groups (broad SMARTS) is 1. The van der Waals surface area contributed by atoms with Crippen molar-refractivity contribution in [3.05, 3.63) is 42.2 Å². The number of carbonyl (C=O) groups is 3. The van der Waals surface area contributed by atoms with Gasteiger partial charge < -0.3 is 15.2 Å². The largest absolute Gasteiger partial charge is 0.480 e. The van der Waals surface area contributed by atoms with E-state index in [1.165, 1.54) is 18.3 Å². The monoisotopic (exact) mass is 292 g/mol. The third-order valence-electron chi connectivity index (χ3n) is 2.41. The van der Waals surface area contributed by atoms with Crippen molar-refractivity contribution in [1.29, 1.82) is 0 Å². The van der Waals surface area contributed by atoms with E-state index in [4.69, 9.17) is 5.11 Å². The molecule has 7 heteroatoms. The van der Waals surface area contributed by atoms with Gasteiger partial charge in [-0.2, -0.15) is 0 Å². The molecule has 1 amide bonds. The summed E-state index contributed by atoms with van der Waals surface area (Å²) in [6.45, 7) is 1.90. The van der Waals surface area contributed by atoms with Crippen LogP contribution in [0.1, 0.15) is 23.8 Å². The van der Waals surface area contributed by atoms with Crippen LogP contribution in [0, 0.1) is 0 Å². The second-order valence-electron chi connectivity index (χ2n) is 3.97. The van der Waals surface area contributed by atoms with Crippen LogP contribution in [0.4, 0.5) is 0 Å². The second-order valence-corrected chi connectivity index (χ2v) is 3.97. The van der Waals surface area contributed by atoms with E-state index in [-0.39, 0.29) is 18.7 Å². The quantitative estimate of drug-likeness (QED) is 0.568. The average molecular weight is 292 g/mol. The Morgan fingerprint density at radius 2 is 2.19 bits per heavy atom. The van der Waals surface area contributed by atoms with Gasteiger partial charge in [0, 0.05) is 12.3 Å². The highest BCUT2D eigenvalue weighted by Gasteiger charge is 2.19. The predicted molar refractivity (Wildman–Crippen MR) is 73.5 cm³/mol. The number of amides is 1. The Kier molecular flexibility index (Phi) is 6.59. The number of pyridine rings is 1. The summed E-state index contributed by atoms with van der Waals surface area (Å²) in [5.41, 5.74) is 0.123. The second kappa shape index (κ2) is 8.47. The van der Waals surface area contributed by atoms with E-state index >= 15 is 0 Å². The topological polar surface area (TPSA) is 106 Å². The van der Waals surface area contributed by atoms with Crippen LogP contribution < -0.4 is 5.32 Å². The Morgan fingerprint density at radius 3 is 2.76 bits per heavy atom. The first-order valence-electron chi connectivity index (χ1n) is 6.32. The summed E-state index contributed by atoms with van der Waals surface area (Å²) in [4.78, 5) is 37.8. The van der Waals surface area contributed by atoms with E-state index in [1.54, 1.807) is 19.1 Å². The lowest BCUT2D eigenvalue weighted by atomic mass is 10.2. The van der Waals surface area contributed by atoms with E-state index < -0.39 is 23.9 Å². The van der Waals surface area contributed by atoms with Crippen LogP contribution in [0.2, 0.25) is 0 Å². The van der Waals surface area contributed by atoms with Crippen LogP contribution >= 0.6 is 0 Å². The molecule has 2 N–H and O–H groups in total. The summed E-state index contributed by atoms with van der Waals surface area (Å²) < 4.78 is 4.66. The number of rotatable bonds is 7. The molecular weight excluding hydrogens is 276 g/mol. The van der Waals surface area contributed by atoms with Gasteiger partial charge in [0.1, 0.15) is 11.7 Å². The summed E-state index contributed by atoms with van der Waals surface area (Å²) in [7, 11) is 0. The molecule has 0 spiro atoms. The van der Waals surface area contributed by atoms with Gasteiger partial charge in [-0.25, -0.2) is 9.59 Å². The van der Waals surface area contributed by atoms with Gasteiger partial charge >= 0.3 is 11.9 Å².